The summed E-state index contributed by atoms with van der Waals surface area (Å²) in [5, 5.41) is 0. The fourth-order valence-corrected chi connectivity index (χ4v) is 2.60. The summed E-state index contributed by atoms with van der Waals surface area (Å²) in [5.74, 6) is 0. The molecule has 1 aromatic rings. The van der Waals surface area contributed by atoms with Crippen LogP contribution in [-0.2, 0) is 5.41 Å². The van der Waals surface area contributed by atoms with Gasteiger partial charge in [0, 0.05) is 5.41 Å². The van der Waals surface area contributed by atoms with E-state index in [2.05, 4.69) is 66.2 Å². The molecule has 0 amide bonds. The van der Waals surface area contributed by atoms with Gasteiger partial charge in [0.25, 0.3) is 0 Å². The number of hydrogen-bond donors (Lipinski definition) is 0. The number of nitrogens with zero attached hydrogens (tertiary/aromatic N) is 1. The number of rotatable bonds is 3. The summed E-state index contributed by atoms with van der Waals surface area (Å²) >= 11 is 0. The van der Waals surface area contributed by atoms with Crippen LogP contribution in [0.2, 0.25) is 0 Å². The van der Waals surface area contributed by atoms with Crippen LogP contribution in [0.5, 0.6) is 0 Å². The lowest BCUT2D eigenvalue weighted by Crippen LogP contribution is -2.44. The van der Waals surface area contributed by atoms with Gasteiger partial charge in [-0.05, 0) is 18.1 Å². The zero-order valence-corrected chi connectivity index (χ0v) is 11.0. The second-order valence-electron chi connectivity index (χ2n) is 6.15. The van der Waals surface area contributed by atoms with E-state index >= 15 is 0 Å². The molecule has 0 unspecified atom stereocenters. The molecule has 0 aliphatic carbocycles. The Kier molecular flexibility index (Phi) is 3.25. The Hall–Kier alpha value is -0.820. The van der Waals surface area contributed by atoms with E-state index in [-0.39, 0.29) is 5.41 Å². The zero-order valence-electron chi connectivity index (χ0n) is 11.0. The summed E-state index contributed by atoms with van der Waals surface area (Å²) in [6, 6.07) is 8.71. The van der Waals surface area contributed by atoms with E-state index < -0.39 is 0 Å². The molecule has 0 fully saturated rings. The van der Waals surface area contributed by atoms with Crippen molar-refractivity contribution in [1.82, 2.24) is 0 Å². The zero-order chi connectivity index (χ0) is 11.7. The summed E-state index contributed by atoms with van der Waals surface area (Å²) < 4.78 is 1.00. The van der Waals surface area contributed by atoms with Crippen molar-refractivity contribution in [3.05, 3.63) is 35.4 Å². The van der Waals surface area contributed by atoms with Crippen molar-refractivity contribution < 1.29 is 4.48 Å². The van der Waals surface area contributed by atoms with Gasteiger partial charge in [0.05, 0.1) is 27.7 Å². The van der Waals surface area contributed by atoms with Crippen molar-refractivity contribution in [3.8, 4) is 0 Å². The quantitative estimate of drug-likeness (QED) is 0.667. The Bertz CT molecular complexity index is 331. The first-order valence-corrected chi connectivity index (χ1v) is 5.59. The predicted molar refractivity (Wildman–Crippen MR) is 67.1 cm³/mol. The van der Waals surface area contributed by atoms with Crippen molar-refractivity contribution in [3.63, 3.8) is 0 Å². The second kappa shape index (κ2) is 3.97. The SMILES string of the molecule is Cc1ccccc1C(C)(C)C[N+](C)(C)C. The van der Waals surface area contributed by atoms with Gasteiger partial charge in [0.1, 0.15) is 0 Å². The third kappa shape index (κ3) is 3.35. The molecule has 84 valence electrons. The van der Waals surface area contributed by atoms with Gasteiger partial charge < -0.3 is 4.48 Å². The first-order valence-electron chi connectivity index (χ1n) is 5.59. The molecule has 0 radical (unpaired) electrons. The lowest BCUT2D eigenvalue weighted by molar-refractivity contribution is -0.874. The molecule has 1 rings (SSSR count). The van der Waals surface area contributed by atoms with Crippen LogP contribution in [0.3, 0.4) is 0 Å². The van der Waals surface area contributed by atoms with Gasteiger partial charge in [-0.1, -0.05) is 38.1 Å². The molecule has 0 heterocycles. The molecule has 0 saturated heterocycles. The Morgan fingerprint density at radius 1 is 1.07 bits per heavy atom. The molecule has 0 aliphatic heterocycles. The first-order chi connectivity index (χ1) is 6.72. The van der Waals surface area contributed by atoms with Crippen molar-refractivity contribution in [2.45, 2.75) is 26.2 Å². The second-order valence-corrected chi connectivity index (χ2v) is 6.15. The van der Waals surface area contributed by atoms with Crippen LogP contribution in [0.4, 0.5) is 0 Å². The molecule has 0 N–H and O–H groups in total. The third-order valence-corrected chi connectivity index (χ3v) is 2.74. The highest BCUT2D eigenvalue weighted by Gasteiger charge is 2.28. The molecule has 0 atom stereocenters. The minimum absolute atomic E-state index is 0.240. The minimum Gasteiger partial charge on any atom is -0.330 e. The van der Waals surface area contributed by atoms with Gasteiger partial charge in [0.15, 0.2) is 0 Å². The molecule has 1 heteroatoms. The highest BCUT2D eigenvalue weighted by atomic mass is 15.3. The highest BCUT2D eigenvalue weighted by molar-refractivity contribution is 5.32. The summed E-state index contributed by atoms with van der Waals surface area (Å²) in [4.78, 5) is 0. The fourth-order valence-electron chi connectivity index (χ4n) is 2.60. The summed E-state index contributed by atoms with van der Waals surface area (Å²) in [6.07, 6.45) is 0. The molecule has 0 aliphatic rings. The molecule has 15 heavy (non-hydrogen) atoms. The predicted octanol–water partition coefficient (Wildman–Crippen LogP) is 2.98. The average Bonchev–Trinajstić information content (AvgIpc) is 1.99. The Balaban J connectivity index is 3.01. The normalized spacial score (nSPS) is 12.9. The smallest absolute Gasteiger partial charge is 0.0873 e. The van der Waals surface area contributed by atoms with Gasteiger partial charge in [0.2, 0.25) is 0 Å². The molecule has 0 bridgehead atoms. The Labute approximate surface area is 94.3 Å². The summed E-state index contributed by atoms with van der Waals surface area (Å²) in [5.41, 5.74) is 3.11. The first kappa shape index (κ1) is 12.3. The largest absolute Gasteiger partial charge is 0.330 e. The summed E-state index contributed by atoms with van der Waals surface area (Å²) in [6.45, 7) is 8.02. The maximum absolute atomic E-state index is 2.33. The molecule has 0 spiro atoms. The van der Waals surface area contributed by atoms with Gasteiger partial charge in [-0.15, -0.1) is 0 Å². The molecule has 0 aromatic heterocycles. The topological polar surface area (TPSA) is 0 Å². The number of quaternary nitrogens is 1. The van der Waals surface area contributed by atoms with Crippen LogP contribution < -0.4 is 0 Å². The minimum atomic E-state index is 0.240. The van der Waals surface area contributed by atoms with Crippen molar-refractivity contribution in [2.75, 3.05) is 27.7 Å². The molecular formula is C14H24N+. The monoisotopic (exact) mass is 206 g/mol. The van der Waals surface area contributed by atoms with E-state index in [1.165, 1.54) is 11.1 Å². The van der Waals surface area contributed by atoms with Gasteiger partial charge in [-0.25, -0.2) is 0 Å². The van der Waals surface area contributed by atoms with Crippen LogP contribution in [0.25, 0.3) is 0 Å². The van der Waals surface area contributed by atoms with E-state index in [0.29, 0.717) is 0 Å². The number of aryl methyl sites for hydroxylation is 1. The molecule has 1 aromatic carbocycles. The third-order valence-electron chi connectivity index (χ3n) is 2.74. The van der Waals surface area contributed by atoms with E-state index in [1.807, 2.05) is 0 Å². The van der Waals surface area contributed by atoms with Crippen LogP contribution in [-0.4, -0.2) is 32.2 Å². The maximum Gasteiger partial charge on any atom is 0.0873 e. The maximum atomic E-state index is 2.33. The fraction of sp³-hybridized carbons (Fsp3) is 0.571. The molecular weight excluding hydrogens is 182 g/mol. The Morgan fingerprint density at radius 2 is 1.60 bits per heavy atom. The number of benzene rings is 1. The van der Waals surface area contributed by atoms with Crippen molar-refractivity contribution >= 4 is 0 Å². The number of hydrogen-bond acceptors (Lipinski definition) is 0. The van der Waals surface area contributed by atoms with Crippen LogP contribution in [0.1, 0.15) is 25.0 Å². The van der Waals surface area contributed by atoms with E-state index in [4.69, 9.17) is 0 Å². The van der Waals surface area contributed by atoms with E-state index in [9.17, 15) is 0 Å². The lowest BCUT2D eigenvalue weighted by Gasteiger charge is -2.35. The van der Waals surface area contributed by atoms with Gasteiger partial charge >= 0.3 is 0 Å². The van der Waals surface area contributed by atoms with E-state index in [0.717, 1.165) is 11.0 Å². The molecule has 0 saturated carbocycles. The number of likely N-dealkylation sites (N-methyl/N-ethyl adjacent to an activating group) is 1. The van der Waals surface area contributed by atoms with Crippen molar-refractivity contribution in [1.29, 1.82) is 0 Å². The van der Waals surface area contributed by atoms with Crippen LogP contribution >= 0.6 is 0 Å². The molecule has 1 nitrogen and oxygen atoms in total. The van der Waals surface area contributed by atoms with Crippen LogP contribution in [0.15, 0.2) is 24.3 Å². The Morgan fingerprint density at radius 3 is 2.07 bits per heavy atom. The average molecular weight is 206 g/mol. The van der Waals surface area contributed by atoms with Gasteiger partial charge in [-0.3, -0.25) is 0 Å². The van der Waals surface area contributed by atoms with Gasteiger partial charge in [-0.2, -0.15) is 0 Å². The summed E-state index contributed by atoms with van der Waals surface area (Å²) in [7, 11) is 6.75. The highest BCUT2D eigenvalue weighted by Crippen LogP contribution is 2.27. The van der Waals surface area contributed by atoms with Crippen LogP contribution in [0, 0.1) is 6.92 Å². The standard InChI is InChI=1S/C14H24N/c1-12-9-7-8-10-13(12)14(2,3)11-15(4,5)6/h7-10H,11H2,1-6H3/q+1. The lowest BCUT2D eigenvalue weighted by atomic mass is 9.81. The van der Waals surface area contributed by atoms with Crippen molar-refractivity contribution in [2.24, 2.45) is 0 Å². The van der Waals surface area contributed by atoms with E-state index in [1.54, 1.807) is 0 Å².